The lowest BCUT2D eigenvalue weighted by Crippen LogP contribution is -2.28. The maximum absolute atomic E-state index is 12.3. The van der Waals surface area contributed by atoms with Crippen molar-refractivity contribution in [3.8, 4) is 0 Å². The largest absolute Gasteiger partial charge is 0.341 e. The molecule has 0 saturated heterocycles. The molecule has 0 bridgehead atoms. The van der Waals surface area contributed by atoms with Gasteiger partial charge in [-0.05, 0) is 25.3 Å². The van der Waals surface area contributed by atoms with Crippen molar-refractivity contribution in [3.63, 3.8) is 0 Å². The number of rotatable bonds is 6. The first kappa shape index (κ1) is 15.9. The molecule has 1 aliphatic carbocycles. The van der Waals surface area contributed by atoms with Crippen molar-refractivity contribution in [2.24, 2.45) is 0 Å². The van der Waals surface area contributed by atoms with Gasteiger partial charge in [0.05, 0.1) is 5.75 Å². The van der Waals surface area contributed by atoms with Gasteiger partial charge in [-0.25, -0.2) is 4.68 Å². The first-order valence-electron chi connectivity index (χ1n) is 7.67. The molecule has 1 aliphatic rings. The van der Waals surface area contributed by atoms with E-state index in [1.807, 2.05) is 26.1 Å². The summed E-state index contributed by atoms with van der Waals surface area (Å²) in [6.45, 7) is 2.65. The average Bonchev–Trinajstić information content (AvgIpc) is 3.31. The van der Waals surface area contributed by atoms with E-state index < -0.39 is 0 Å². The quantitative estimate of drug-likeness (QED) is 0.646. The third-order valence-electron chi connectivity index (χ3n) is 3.92. The fourth-order valence-electron chi connectivity index (χ4n) is 2.30. The molecule has 1 fully saturated rings. The predicted molar refractivity (Wildman–Crippen MR) is 90.5 cm³/mol. The highest BCUT2D eigenvalue weighted by Gasteiger charge is 2.30. The van der Waals surface area contributed by atoms with Gasteiger partial charge >= 0.3 is 0 Å². The Labute approximate surface area is 140 Å². The van der Waals surface area contributed by atoms with Crippen LogP contribution in [0.1, 0.15) is 35.7 Å². The van der Waals surface area contributed by atoms with E-state index in [4.69, 9.17) is 5.84 Å². The molecule has 0 aliphatic heterocycles. The molecule has 2 N–H and O–H groups in total. The van der Waals surface area contributed by atoms with Crippen LogP contribution in [0.15, 0.2) is 29.4 Å². The zero-order chi connectivity index (χ0) is 16.4. The van der Waals surface area contributed by atoms with Gasteiger partial charge in [-0.1, -0.05) is 41.6 Å². The van der Waals surface area contributed by atoms with E-state index >= 15 is 0 Å². The normalized spacial score (nSPS) is 14.0. The number of benzene rings is 1. The Morgan fingerprint density at radius 3 is 2.70 bits per heavy atom. The summed E-state index contributed by atoms with van der Waals surface area (Å²) in [6.07, 6.45) is 2.25. The Morgan fingerprint density at radius 1 is 1.35 bits per heavy atom. The lowest BCUT2D eigenvalue weighted by molar-refractivity contribution is -0.127. The number of hydrogen-bond donors (Lipinski definition) is 1. The molecular weight excluding hydrogens is 310 g/mol. The van der Waals surface area contributed by atoms with Gasteiger partial charge in [0.2, 0.25) is 11.1 Å². The number of thioether (sulfide) groups is 1. The summed E-state index contributed by atoms with van der Waals surface area (Å²) in [7, 11) is 1.81. The Balaban J connectivity index is 1.53. The minimum atomic E-state index is 0.0477. The highest BCUT2D eigenvalue weighted by Crippen LogP contribution is 2.39. The first-order chi connectivity index (χ1) is 11.0. The molecule has 2 aromatic rings. The molecule has 1 heterocycles. The Morgan fingerprint density at radius 2 is 2.04 bits per heavy atom. The number of aryl methyl sites for hydroxylation is 1. The second kappa shape index (κ2) is 6.62. The van der Waals surface area contributed by atoms with E-state index in [-0.39, 0.29) is 5.91 Å². The average molecular weight is 331 g/mol. The number of hydrogen-bond acceptors (Lipinski definition) is 5. The molecule has 23 heavy (non-hydrogen) atoms. The van der Waals surface area contributed by atoms with Gasteiger partial charge in [-0.2, -0.15) is 0 Å². The Bertz CT molecular complexity index is 693. The summed E-state index contributed by atoms with van der Waals surface area (Å²) in [5.41, 5.74) is 2.33. The molecule has 1 aromatic carbocycles. The lowest BCUT2D eigenvalue weighted by Gasteiger charge is -2.17. The summed E-state index contributed by atoms with van der Waals surface area (Å²) < 4.78 is 1.52. The summed E-state index contributed by atoms with van der Waals surface area (Å²) in [4.78, 5) is 14.0. The standard InChI is InChI=1S/C16H21N5OS/c1-11-3-5-12(6-4-11)9-20(2)14(22)10-23-16-19-18-15(21(16)17)13-7-8-13/h3-6,13H,7-10,17H2,1-2H3. The van der Waals surface area contributed by atoms with Gasteiger partial charge < -0.3 is 10.7 Å². The van der Waals surface area contributed by atoms with Crippen molar-refractivity contribution in [3.05, 3.63) is 41.2 Å². The molecule has 6 nitrogen and oxygen atoms in total. The van der Waals surface area contributed by atoms with Crippen LogP contribution in [-0.2, 0) is 11.3 Å². The van der Waals surface area contributed by atoms with Gasteiger partial charge in [-0.3, -0.25) is 4.79 Å². The van der Waals surface area contributed by atoms with Crippen molar-refractivity contribution in [1.82, 2.24) is 19.8 Å². The van der Waals surface area contributed by atoms with E-state index in [0.717, 1.165) is 24.2 Å². The maximum atomic E-state index is 12.3. The van der Waals surface area contributed by atoms with Crippen LogP contribution < -0.4 is 5.84 Å². The van der Waals surface area contributed by atoms with E-state index in [0.29, 0.717) is 23.4 Å². The van der Waals surface area contributed by atoms with Crippen molar-refractivity contribution in [2.45, 2.75) is 37.4 Å². The van der Waals surface area contributed by atoms with Crippen LogP contribution in [0, 0.1) is 6.92 Å². The van der Waals surface area contributed by atoms with Gasteiger partial charge in [0.25, 0.3) is 0 Å². The molecule has 1 aromatic heterocycles. The molecule has 0 spiro atoms. The van der Waals surface area contributed by atoms with Crippen molar-refractivity contribution >= 4 is 17.7 Å². The smallest absolute Gasteiger partial charge is 0.233 e. The minimum absolute atomic E-state index is 0.0477. The van der Waals surface area contributed by atoms with Crippen molar-refractivity contribution < 1.29 is 4.79 Å². The summed E-state index contributed by atoms with van der Waals surface area (Å²) in [6, 6.07) is 8.20. The molecule has 3 rings (SSSR count). The number of nitrogens with zero attached hydrogens (tertiary/aromatic N) is 4. The highest BCUT2D eigenvalue weighted by molar-refractivity contribution is 7.99. The van der Waals surface area contributed by atoms with E-state index in [1.165, 1.54) is 22.0 Å². The summed E-state index contributed by atoms with van der Waals surface area (Å²) in [5, 5.41) is 8.80. The van der Waals surface area contributed by atoms with E-state index in [1.54, 1.807) is 4.90 Å². The molecule has 1 amide bonds. The zero-order valence-corrected chi connectivity index (χ0v) is 14.2. The Hall–Kier alpha value is -2.02. The number of nitrogens with two attached hydrogens (primary N) is 1. The van der Waals surface area contributed by atoms with E-state index in [9.17, 15) is 4.79 Å². The van der Waals surface area contributed by atoms with Crippen LogP contribution in [0.4, 0.5) is 0 Å². The summed E-state index contributed by atoms with van der Waals surface area (Å²) >= 11 is 1.34. The van der Waals surface area contributed by atoms with Crippen LogP contribution in [0.25, 0.3) is 0 Å². The maximum Gasteiger partial charge on any atom is 0.233 e. The first-order valence-corrected chi connectivity index (χ1v) is 8.66. The van der Waals surface area contributed by atoms with Crippen LogP contribution in [0.2, 0.25) is 0 Å². The van der Waals surface area contributed by atoms with Crippen LogP contribution in [0.5, 0.6) is 0 Å². The van der Waals surface area contributed by atoms with Crippen LogP contribution in [-0.4, -0.2) is 38.5 Å². The molecule has 0 radical (unpaired) electrons. The van der Waals surface area contributed by atoms with E-state index in [2.05, 4.69) is 22.3 Å². The topological polar surface area (TPSA) is 77.0 Å². The third kappa shape index (κ3) is 3.85. The fraction of sp³-hybridized carbons (Fsp3) is 0.438. The van der Waals surface area contributed by atoms with Gasteiger partial charge in [0.15, 0.2) is 5.82 Å². The van der Waals surface area contributed by atoms with Gasteiger partial charge in [-0.15, -0.1) is 10.2 Å². The summed E-state index contributed by atoms with van der Waals surface area (Å²) in [5.74, 6) is 7.62. The number of amides is 1. The minimum Gasteiger partial charge on any atom is -0.341 e. The second-order valence-electron chi connectivity index (χ2n) is 6.01. The molecule has 7 heteroatoms. The number of carbonyl (C=O) groups is 1. The monoisotopic (exact) mass is 331 g/mol. The van der Waals surface area contributed by atoms with Gasteiger partial charge in [0.1, 0.15) is 0 Å². The Kier molecular flexibility index (Phi) is 4.56. The predicted octanol–water partition coefficient (Wildman–Crippen LogP) is 1.93. The molecule has 122 valence electrons. The molecular formula is C16H21N5OS. The molecule has 0 unspecified atom stereocenters. The number of carbonyl (C=O) groups excluding carboxylic acids is 1. The van der Waals surface area contributed by atoms with Crippen LogP contribution >= 0.6 is 11.8 Å². The zero-order valence-electron chi connectivity index (χ0n) is 13.4. The molecule has 0 atom stereocenters. The third-order valence-corrected chi connectivity index (χ3v) is 4.85. The SMILES string of the molecule is Cc1ccc(CN(C)C(=O)CSc2nnc(C3CC3)n2N)cc1. The number of aromatic nitrogens is 3. The highest BCUT2D eigenvalue weighted by atomic mass is 32.2. The van der Waals surface area contributed by atoms with Gasteiger partial charge in [0, 0.05) is 19.5 Å². The van der Waals surface area contributed by atoms with Crippen molar-refractivity contribution in [2.75, 3.05) is 18.6 Å². The second-order valence-corrected chi connectivity index (χ2v) is 6.95. The van der Waals surface area contributed by atoms with Crippen molar-refractivity contribution in [1.29, 1.82) is 0 Å². The number of nitrogen functional groups attached to an aromatic ring is 1. The van der Waals surface area contributed by atoms with Crippen LogP contribution in [0.3, 0.4) is 0 Å². The molecule has 1 saturated carbocycles. The fourth-order valence-corrected chi connectivity index (χ4v) is 3.10. The lowest BCUT2D eigenvalue weighted by atomic mass is 10.1.